The number of hydrogen-bond donors (Lipinski definition) is 2. The minimum atomic E-state index is -3.60. The zero-order valence-corrected chi connectivity index (χ0v) is 13.2. The Kier molecular flexibility index (Phi) is 5.77. The van der Waals surface area contributed by atoms with Crippen LogP contribution in [0.15, 0.2) is 15.4 Å². The molecular weight excluding hydrogens is 296 g/mol. The van der Waals surface area contributed by atoms with Crippen LogP contribution in [0, 0.1) is 6.92 Å². The fraction of sp³-hybridized carbons (Fsp3) is 0.692. The van der Waals surface area contributed by atoms with Gasteiger partial charge in [-0.25, -0.2) is 13.1 Å². The molecule has 0 amide bonds. The molecule has 1 aliphatic heterocycles. The van der Waals surface area contributed by atoms with E-state index >= 15 is 0 Å². The van der Waals surface area contributed by atoms with Crippen LogP contribution in [0.3, 0.4) is 0 Å². The Hall–Kier alpha value is -0.930. The van der Waals surface area contributed by atoms with Crippen molar-refractivity contribution in [1.82, 2.24) is 10.0 Å². The van der Waals surface area contributed by atoms with Gasteiger partial charge in [0, 0.05) is 12.6 Å². The first-order valence-electron chi connectivity index (χ1n) is 7.02. The van der Waals surface area contributed by atoms with Gasteiger partial charge in [0.2, 0.25) is 10.0 Å². The second-order valence-electron chi connectivity index (χ2n) is 4.83. The van der Waals surface area contributed by atoms with Crippen molar-refractivity contribution in [3.63, 3.8) is 0 Å². The van der Waals surface area contributed by atoms with Gasteiger partial charge in [-0.05, 0) is 13.5 Å². The van der Waals surface area contributed by atoms with E-state index < -0.39 is 10.0 Å². The highest BCUT2D eigenvalue weighted by molar-refractivity contribution is 7.89. The van der Waals surface area contributed by atoms with Gasteiger partial charge in [0.25, 0.3) is 0 Å². The Bertz CT molecular complexity index is 549. The van der Waals surface area contributed by atoms with Crippen LogP contribution >= 0.6 is 0 Å². The quantitative estimate of drug-likeness (QED) is 0.756. The van der Waals surface area contributed by atoms with Crippen molar-refractivity contribution in [2.45, 2.75) is 31.4 Å². The SMILES string of the molecule is CCNCc1cc(S(=O)(=O)NCC2COCCO2)c(C)o1. The summed E-state index contributed by atoms with van der Waals surface area (Å²) in [6.45, 7) is 6.55. The molecule has 7 nitrogen and oxygen atoms in total. The summed E-state index contributed by atoms with van der Waals surface area (Å²) >= 11 is 0. The molecule has 0 saturated carbocycles. The predicted molar refractivity (Wildman–Crippen MR) is 76.6 cm³/mol. The smallest absolute Gasteiger partial charge is 0.244 e. The van der Waals surface area contributed by atoms with Crippen molar-refractivity contribution in [3.05, 3.63) is 17.6 Å². The molecule has 120 valence electrons. The topological polar surface area (TPSA) is 89.8 Å². The number of ether oxygens (including phenoxy) is 2. The Balaban J connectivity index is 1.99. The third-order valence-electron chi connectivity index (χ3n) is 3.15. The van der Waals surface area contributed by atoms with Gasteiger partial charge in [0.15, 0.2) is 0 Å². The van der Waals surface area contributed by atoms with E-state index in [-0.39, 0.29) is 17.5 Å². The highest BCUT2D eigenvalue weighted by atomic mass is 32.2. The summed E-state index contributed by atoms with van der Waals surface area (Å²) in [7, 11) is -3.60. The van der Waals surface area contributed by atoms with Gasteiger partial charge in [0.1, 0.15) is 16.4 Å². The Morgan fingerprint density at radius 1 is 1.38 bits per heavy atom. The summed E-state index contributed by atoms with van der Waals surface area (Å²) in [4.78, 5) is 0.173. The normalized spacial score (nSPS) is 19.8. The number of aryl methyl sites for hydroxylation is 1. The summed E-state index contributed by atoms with van der Waals surface area (Å²) < 4.78 is 43.2. The van der Waals surface area contributed by atoms with E-state index in [9.17, 15) is 8.42 Å². The van der Waals surface area contributed by atoms with Crippen molar-refractivity contribution >= 4 is 10.0 Å². The van der Waals surface area contributed by atoms with E-state index in [1.165, 1.54) is 0 Å². The summed E-state index contributed by atoms with van der Waals surface area (Å²) in [6.07, 6.45) is -0.248. The molecular formula is C13H22N2O5S. The summed E-state index contributed by atoms with van der Waals surface area (Å²) in [6, 6.07) is 1.55. The lowest BCUT2D eigenvalue weighted by Crippen LogP contribution is -2.39. The van der Waals surface area contributed by atoms with Gasteiger partial charge in [-0.2, -0.15) is 0 Å². The van der Waals surface area contributed by atoms with Crippen LogP contribution < -0.4 is 10.0 Å². The molecule has 8 heteroatoms. The largest absolute Gasteiger partial charge is 0.464 e. The van der Waals surface area contributed by atoms with Gasteiger partial charge in [0.05, 0.1) is 32.5 Å². The van der Waals surface area contributed by atoms with Gasteiger partial charge in [-0.1, -0.05) is 6.92 Å². The van der Waals surface area contributed by atoms with Crippen LogP contribution in [0.2, 0.25) is 0 Å². The second-order valence-corrected chi connectivity index (χ2v) is 6.57. The molecule has 1 aliphatic rings. The molecule has 2 rings (SSSR count). The Morgan fingerprint density at radius 3 is 2.86 bits per heavy atom. The molecule has 2 heterocycles. The summed E-state index contributed by atoms with van der Waals surface area (Å²) in [5.41, 5.74) is 0. The zero-order valence-electron chi connectivity index (χ0n) is 12.3. The highest BCUT2D eigenvalue weighted by Crippen LogP contribution is 2.20. The van der Waals surface area contributed by atoms with Crippen LogP contribution in [-0.4, -0.2) is 47.4 Å². The van der Waals surface area contributed by atoms with Crippen molar-refractivity contribution in [1.29, 1.82) is 0 Å². The van der Waals surface area contributed by atoms with Crippen LogP contribution in [0.25, 0.3) is 0 Å². The summed E-state index contributed by atoms with van der Waals surface area (Å²) in [5.74, 6) is 0.989. The Morgan fingerprint density at radius 2 is 2.19 bits per heavy atom. The molecule has 2 N–H and O–H groups in total. The molecule has 1 unspecified atom stereocenters. The first kappa shape index (κ1) is 16.4. The molecule has 0 aromatic carbocycles. The van der Waals surface area contributed by atoms with Crippen LogP contribution in [-0.2, 0) is 26.0 Å². The van der Waals surface area contributed by atoms with E-state index in [0.29, 0.717) is 37.9 Å². The van der Waals surface area contributed by atoms with Crippen molar-refractivity contribution in [3.8, 4) is 0 Å². The fourth-order valence-corrected chi connectivity index (χ4v) is 3.33. The summed E-state index contributed by atoms with van der Waals surface area (Å²) in [5, 5.41) is 3.09. The molecule has 0 spiro atoms. The number of hydrogen-bond acceptors (Lipinski definition) is 6. The maximum Gasteiger partial charge on any atom is 0.244 e. The number of rotatable bonds is 7. The molecule has 21 heavy (non-hydrogen) atoms. The molecule has 1 atom stereocenters. The lowest BCUT2D eigenvalue weighted by atomic mass is 10.3. The van der Waals surface area contributed by atoms with Gasteiger partial charge >= 0.3 is 0 Å². The van der Waals surface area contributed by atoms with Crippen LogP contribution in [0.4, 0.5) is 0 Å². The van der Waals surface area contributed by atoms with Crippen molar-refractivity contribution in [2.24, 2.45) is 0 Å². The average Bonchev–Trinajstić information content (AvgIpc) is 2.86. The van der Waals surface area contributed by atoms with E-state index in [0.717, 1.165) is 6.54 Å². The number of nitrogens with one attached hydrogen (secondary N) is 2. The second kappa shape index (κ2) is 7.37. The first-order chi connectivity index (χ1) is 10.0. The molecule has 1 aromatic heterocycles. The molecule has 1 saturated heterocycles. The van der Waals surface area contributed by atoms with Gasteiger partial charge in [-0.15, -0.1) is 0 Å². The predicted octanol–water partition coefficient (Wildman–Crippen LogP) is 0.391. The van der Waals surface area contributed by atoms with Crippen molar-refractivity contribution < 1.29 is 22.3 Å². The van der Waals surface area contributed by atoms with Crippen LogP contribution in [0.5, 0.6) is 0 Å². The maximum absolute atomic E-state index is 12.3. The minimum Gasteiger partial charge on any atom is -0.464 e. The third-order valence-corrected chi connectivity index (χ3v) is 4.68. The fourth-order valence-electron chi connectivity index (χ4n) is 2.06. The average molecular weight is 318 g/mol. The third kappa shape index (κ3) is 4.52. The van der Waals surface area contributed by atoms with E-state index in [1.807, 2.05) is 6.92 Å². The molecule has 1 fully saturated rings. The zero-order chi connectivity index (χ0) is 15.3. The number of furan rings is 1. The number of sulfonamides is 1. The minimum absolute atomic E-state index is 0.173. The van der Waals surface area contributed by atoms with Crippen LogP contribution in [0.1, 0.15) is 18.4 Å². The monoisotopic (exact) mass is 318 g/mol. The lowest BCUT2D eigenvalue weighted by molar-refractivity contribution is -0.0846. The maximum atomic E-state index is 12.3. The molecule has 0 radical (unpaired) electrons. The standard InChI is InChI=1S/C13H22N2O5S/c1-3-14-7-11-6-13(10(2)20-11)21(16,17)15-8-12-9-18-4-5-19-12/h6,12,14-15H,3-5,7-9H2,1-2H3. The van der Waals surface area contributed by atoms with E-state index in [4.69, 9.17) is 13.9 Å². The van der Waals surface area contributed by atoms with Crippen molar-refractivity contribution in [2.75, 3.05) is 32.9 Å². The van der Waals surface area contributed by atoms with Gasteiger partial charge in [-0.3, -0.25) is 0 Å². The van der Waals surface area contributed by atoms with E-state index in [1.54, 1.807) is 13.0 Å². The Labute approximate surface area is 125 Å². The first-order valence-corrected chi connectivity index (χ1v) is 8.50. The highest BCUT2D eigenvalue weighted by Gasteiger charge is 2.23. The molecule has 1 aromatic rings. The molecule has 0 aliphatic carbocycles. The molecule has 0 bridgehead atoms. The van der Waals surface area contributed by atoms with Gasteiger partial charge < -0.3 is 19.2 Å². The van der Waals surface area contributed by atoms with E-state index in [2.05, 4.69) is 10.0 Å². The lowest BCUT2D eigenvalue weighted by Gasteiger charge is -2.22.